The number of hydrogen-bond donors (Lipinski definition) is 1. The summed E-state index contributed by atoms with van der Waals surface area (Å²) in [5, 5.41) is 4.51. The lowest BCUT2D eigenvalue weighted by atomic mass is 10.1. The highest BCUT2D eigenvalue weighted by Gasteiger charge is 2.12. The molecule has 92 valence electrons. The molecule has 0 saturated heterocycles. The van der Waals surface area contributed by atoms with Crippen LogP contribution >= 0.6 is 11.3 Å². The van der Waals surface area contributed by atoms with Crippen LogP contribution < -0.4 is 5.32 Å². The smallest absolute Gasteiger partial charge is 0.123 e. The third kappa shape index (κ3) is 2.85. The number of halogens is 1. The minimum Gasteiger partial charge on any atom is -0.310 e. The highest BCUT2D eigenvalue weighted by molar-refractivity contribution is 7.19. The van der Waals surface area contributed by atoms with E-state index in [2.05, 4.69) is 25.2 Å². The standard InChI is InChI=1S/C14H18FNS/c1-3-5-12(16-4-2)14-9-10-8-11(15)6-7-13(10)17-14/h6-9,12,16H,3-5H2,1-2H3. The fourth-order valence-corrected chi connectivity index (χ4v) is 3.24. The van der Waals surface area contributed by atoms with E-state index in [0.717, 1.165) is 24.8 Å². The molecule has 0 bridgehead atoms. The predicted molar refractivity (Wildman–Crippen MR) is 73.1 cm³/mol. The zero-order chi connectivity index (χ0) is 12.3. The van der Waals surface area contributed by atoms with E-state index < -0.39 is 0 Å². The van der Waals surface area contributed by atoms with E-state index in [-0.39, 0.29) is 5.82 Å². The number of rotatable bonds is 5. The van der Waals surface area contributed by atoms with Crippen LogP contribution in [0.25, 0.3) is 10.1 Å². The van der Waals surface area contributed by atoms with Crippen molar-refractivity contribution in [3.8, 4) is 0 Å². The van der Waals surface area contributed by atoms with Gasteiger partial charge in [0.25, 0.3) is 0 Å². The summed E-state index contributed by atoms with van der Waals surface area (Å²) < 4.78 is 14.3. The van der Waals surface area contributed by atoms with Crippen LogP contribution in [0.4, 0.5) is 4.39 Å². The van der Waals surface area contributed by atoms with Crippen molar-refractivity contribution in [3.05, 3.63) is 35.0 Å². The molecule has 0 spiro atoms. The second-order valence-corrected chi connectivity index (χ2v) is 5.35. The first-order valence-electron chi connectivity index (χ1n) is 6.17. The Balaban J connectivity index is 2.33. The Labute approximate surface area is 106 Å². The zero-order valence-corrected chi connectivity index (χ0v) is 11.1. The molecule has 1 aromatic carbocycles. The van der Waals surface area contributed by atoms with Gasteiger partial charge in [-0.15, -0.1) is 11.3 Å². The third-order valence-electron chi connectivity index (χ3n) is 2.87. The molecule has 0 radical (unpaired) electrons. The van der Waals surface area contributed by atoms with Gasteiger partial charge in [0.05, 0.1) is 0 Å². The summed E-state index contributed by atoms with van der Waals surface area (Å²) in [4.78, 5) is 1.31. The lowest BCUT2D eigenvalue weighted by molar-refractivity contribution is 0.517. The van der Waals surface area contributed by atoms with E-state index in [9.17, 15) is 4.39 Å². The molecule has 2 rings (SSSR count). The molecular weight excluding hydrogens is 233 g/mol. The van der Waals surface area contributed by atoms with Crippen LogP contribution in [0, 0.1) is 5.82 Å². The maximum Gasteiger partial charge on any atom is 0.123 e. The lowest BCUT2D eigenvalue weighted by Gasteiger charge is -2.14. The minimum absolute atomic E-state index is 0.155. The average Bonchev–Trinajstić information content (AvgIpc) is 2.71. The summed E-state index contributed by atoms with van der Waals surface area (Å²) in [6.07, 6.45) is 2.28. The number of fused-ring (bicyclic) bond motifs is 1. The van der Waals surface area contributed by atoms with Gasteiger partial charge < -0.3 is 5.32 Å². The molecule has 0 aliphatic rings. The number of hydrogen-bond acceptors (Lipinski definition) is 2. The molecule has 1 unspecified atom stereocenters. The van der Waals surface area contributed by atoms with E-state index in [1.165, 1.54) is 15.6 Å². The first-order chi connectivity index (χ1) is 8.24. The van der Waals surface area contributed by atoms with Crippen LogP contribution in [0.1, 0.15) is 37.6 Å². The fourth-order valence-electron chi connectivity index (χ4n) is 2.09. The molecular formula is C14H18FNS. The van der Waals surface area contributed by atoms with Crippen molar-refractivity contribution in [1.82, 2.24) is 5.32 Å². The predicted octanol–water partition coefficient (Wildman–Crippen LogP) is 4.49. The Morgan fingerprint density at radius 3 is 2.82 bits per heavy atom. The first-order valence-corrected chi connectivity index (χ1v) is 6.98. The quantitative estimate of drug-likeness (QED) is 0.825. The van der Waals surface area contributed by atoms with Crippen molar-refractivity contribution >= 4 is 21.4 Å². The van der Waals surface area contributed by atoms with E-state index in [1.54, 1.807) is 17.4 Å². The second-order valence-electron chi connectivity index (χ2n) is 4.23. The third-order valence-corrected chi connectivity index (χ3v) is 4.10. The molecule has 0 aliphatic carbocycles. The average molecular weight is 251 g/mol. The highest BCUT2D eigenvalue weighted by Crippen LogP contribution is 2.32. The van der Waals surface area contributed by atoms with Crippen LogP contribution in [0.15, 0.2) is 24.3 Å². The summed E-state index contributed by atoms with van der Waals surface area (Å²) >= 11 is 1.76. The SMILES string of the molecule is CCCC(NCC)c1cc2cc(F)ccc2s1. The zero-order valence-electron chi connectivity index (χ0n) is 10.3. The van der Waals surface area contributed by atoms with Gasteiger partial charge in [0, 0.05) is 15.6 Å². The molecule has 3 heteroatoms. The van der Waals surface area contributed by atoms with Gasteiger partial charge in [-0.1, -0.05) is 20.3 Å². The van der Waals surface area contributed by atoms with Crippen LogP contribution in [0.2, 0.25) is 0 Å². The molecule has 1 N–H and O–H groups in total. The first kappa shape index (κ1) is 12.5. The van der Waals surface area contributed by atoms with Gasteiger partial charge >= 0.3 is 0 Å². The van der Waals surface area contributed by atoms with Gasteiger partial charge in [0.15, 0.2) is 0 Å². The Morgan fingerprint density at radius 2 is 2.12 bits per heavy atom. The summed E-state index contributed by atoms with van der Waals surface area (Å²) in [6.45, 7) is 5.28. The number of nitrogens with one attached hydrogen (secondary N) is 1. The van der Waals surface area contributed by atoms with E-state index in [4.69, 9.17) is 0 Å². The van der Waals surface area contributed by atoms with Gasteiger partial charge in [-0.3, -0.25) is 0 Å². The molecule has 0 fully saturated rings. The van der Waals surface area contributed by atoms with Crippen molar-refractivity contribution < 1.29 is 4.39 Å². The van der Waals surface area contributed by atoms with Gasteiger partial charge in [-0.25, -0.2) is 4.39 Å². The van der Waals surface area contributed by atoms with Crippen molar-refractivity contribution in [2.75, 3.05) is 6.54 Å². The van der Waals surface area contributed by atoms with Gasteiger partial charge in [-0.05, 0) is 42.6 Å². The van der Waals surface area contributed by atoms with Crippen molar-refractivity contribution in [1.29, 1.82) is 0 Å². The maximum absolute atomic E-state index is 13.1. The summed E-state index contributed by atoms with van der Waals surface area (Å²) in [5.74, 6) is -0.155. The largest absolute Gasteiger partial charge is 0.310 e. The molecule has 0 saturated carbocycles. The number of benzene rings is 1. The molecule has 1 atom stereocenters. The highest BCUT2D eigenvalue weighted by atomic mass is 32.1. The number of thiophene rings is 1. The lowest BCUT2D eigenvalue weighted by Crippen LogP contribution is -2.19. The summed E-state index contributed by atoms with van der Waals surface area (Å²) in [7, 11) is 0. The van der Waals surface area contributed by atoms with Crippen LogP contribution in [-0.2, 0) is 0 Å². The molecule has 17 heavy (non-hydrogen) atoms. The van der Waals surface area contributed by atoms with Gasteiger partial charge in [-0.2, -0.15) is 0 Å². The Bertz CT molecular complexity index is 486. The molecule has 0 amide bonds. The topological polar surface area (TPSA) is 12.0 Å². The van der Waals surface area contributed by atoms with Crippen LogP contribution in [-0.4, -0.2) is 6.54 Å². The van der Waals surface area contributed by atoms with Crippen molar-refractivity contribution in [3.63, 3.8) is 0 Å². The second kappa shape index (κ2) is 5.61. The Kier molecular flexibility index (Phi) is 4.13. The molecule has 1 nitrogen and oxygen atoms in total. The van der Waals surface area contributed by atoms with Crippen LogP contribution in [0.3, 0.4) is 0 Å². The Hall–Kier alpha value is -0.930. The minimum atomic E-state index is -0.155. The molecule has 1 heterocycles. The summed E-state index contributed by atoms with van der Waals surface area (Å²) in [6, 6.07) is 7.54. The van der Waals surface area contributed by atoms with Gasteiger partial charge in [0.1, 0.15) is 5.82 Å². The van der Waals surface area contributed by atoms with Crippen molar-refractivity contribution in [2.24, 2.45) is 0 Å². The Morgan fingerprint density at radius 1 is 1.29 bits per heavy atom. The fraction of sp³-hybridized carbons (Fsp3) is 0.429. The summed E-state index contributed by atoms with van der Waals surface area (Å²) in [5.41, 5.74) is 0. The maximum atomic E-state index is 13.1. The van der Waals surface area contributed by atoms with E-state index >= 15 is 0 Å². The molecule has 0 aliphatic heterocycles. The van der Waals surface area contributed by atoms with E-state index in [1.807, 2.05) is 6.07 Å². The van der Waals surface area contributed by atoms with E-state index in [0.29, 0.717) is 6.04 Å². The van der Waals surface area contributed by atoms with Gasteiger partial charge in [0.2, 0.25) is 0 Å². The normalized spacial score (nSPS) is 13.1. The molecule has 2 aromatic rings. The van der Waals surface area contributed by atoms with Crippen LogP contribution in [0.5, 0.6) is 0 Å². The molecule has 1 aromatic heterocycles. The van der Waals surface area contributed by atoms with Crippen molar-refractivity contribution in [2.45, 2.75) is 32.7 Å². The monoisotopic (exact) mass is 251 g/mol.